The van der Waals surface area contributed by atoms with Gasteiger partial charge in [0.15, 0.2) is 5.82 Å². The maximum Gasteiger partial charge on any atom is 0.248 e. The predicted octanol–water partition coefficient (Wildman–Crippen LogP) is -0.218. The number of hydrogen-bond acceptors (Lipinski definition) is 5. The number of rotatable bonds is 4. The van der Waals surface area contributed by atoms with Crippen LogP contribution in [0.1, 0.15) is 6.92 Å². The number of aryl methyl sites for hydroxylation is 1. The molecule has 1 heterocycles. The molecule has 0 spiro atoms. The lowest BCUT2D eigenvalue weighted by molar-refractivity contribution is 0.439. The van der Waals surface area contributed by atoms with Gasteiger partial charge in [-0.2, -0.15) is 14.7 Å². The fourth-order valence-electron chi connectivity index (χ4n) is 1.38. The van der Waals surface area contributed by atoms with Gasteiger partial charge in [-0.15, -0.1) is 0 Å². The maximum atomic E-state index is 12.1. The van der Waals surface area contributed by atoms with Crippen LogP contribution in [0, 0.1) is 17.2 Å². The van der Waals surface area contributed by atoms with Crippen LogP contribution < -0.4 is 5.73 Å². The van der Waals surface area contributed by atoms with Gasteiger partial charge in [0.25, 0.3) is 0 Å². The lowest BCUT2D eigenvalue weighted by Crippen LogP contribution is -2.31. The molecule has 8 heteroatoms. The molecule has 1 rings (SSSR count). The lowest BCUT2D eigenvalue weighted by atomic mass is 10.2. The number of sulfonamides is 1. The van der Waals surface area contributed by atoms with Gasteiger partial charge in [-0.3, -0.25) is 4.68 Å². The van der Waals surface area contributed by atoms with Crippen molar-refractivity contribution in [3.63, 3.8) is 0 Å². The molecule has 1 unspecified atom stereocenters. The van der Waals surface area contributed by atoms with Crippen molar-refractivity contribution in [2.75, 3.05) is 19.3 Å². The van der Waals surface area contributed by atoms with E-state index in [9.17, 15) is 8.42 Å². The van der Waals surface area contributed by atoms with Crippen LogP contribution in [0.25, 0.3) is 0 Å². The lowest BCUT2D eigenvalue weighted by Gasteiger charge is -2.17. The van der Waals surface area contributed by atoms with Gasteiger partial charge < -0.3 is 5.73 Å². The number of hydrogen-bond donors (Lipinski definition) is 1. The van der Waals surface area contributed by atoms with E-state index < -0.39 is 10.0 Å². The topological polar surface area (TPSA) is 105 Å². The van der Waals surface area contributed by atoms with E-state index in [0.29, 0.717) is 0 Å². The Bertz CT molecular complexity index is 542. The Balaban J connectivity index is 3.04. The van der Waals surface area contributed by atoms with Gasteiger partial charge in [0.2, 0.25) is 10.0 Å². The summed E-state index contributed by atoms with van der Waals surface area (Å²) in [5.41, 5.74) is 5.53. The standard InChI is InChI=1S/C9H15N5O2S/c1-7(4-10)5-14(3)17(15,16)8-6-13(2)12-9(8)11/h6-7H,5H2,1-3H3,(H2,11,12). The number of anilines is 1. The van der Waals surface area contributed by atoms with E-state index in [-0.39, 0.29) is 23.2 Å². The number of nitrogens with zero attached hydrogens (tertiary/aromatic N) is 4. The molecule has 94 valence electrons. The Hall–Kier alpha value is -1.59. The molecule has 0 saturated carbocycles. The first-order chi connectivity index (χ1) is 7.78. The molecular formula is C9H15N5O2S. The van der Waals surface area contributed by atoms with E-state index in [1.54, 1.807) is 14.0 Å². The highest BCUT2D eigenvalue weighted by atomic mass is 32.2. The van der Waals surface area contributed by atoms with Crippen LogP contribution >= 0.6 is 0 Å². The van der Waals surface area contributed by atoms with Gasteiger partial charge in [0.05, 0.1) is 12.0 Å². The van der Waals surface area contributed by atoms with Crippen LogP contribution in [0.3, 0.4) is 0 Å². The van der Waals surface area contributed by atoms with Crippen molar-refractivity contribution in [1.29, 1.82) is 5.26 Å². The van der Waals surface area contributed by atoms with Gasteiger partial charge in [0.1, 0.15) is 4.90 Å². The van der Waals surface area contributed by atoms with Gasteiger partial charge >= 0.3 is 0 Å². The summed E-state index contributed by atoms with van der Waals surface area (Å²) in [6.07, 6.45) is 1.35. The van der Waals surface area contributed by atoms with Crippen molar-refractivity contribution in [3.8, 4) is 6.07 Å². The van der Waals surface area contributed by atoms with E-state index in [1.165, 1.54) is 17.9 Å². The van der Waals surface area contributed by atoms with E-state index >= 15 is 0 Å². The summed E-state index contributed by atoms with van der Waals surface area (Å²) in [4.78, 5) is -0.0346. The minimum Gasteiger partial charge on any atom is -0.381 e. The smallest absolute Gasteiger partial charge is 0.248 e. The van der Waals surface area contributed by atoms with Crippen molar-refractivity contribution < 1.29 is 8.42 Å². The molecule has 0 bridgehead atoms. The highest BCUT2D eigenvalue weighted by Gasteiger charge is 2.26. The zero-order valence-corrected chi connectivity index (χ0v) is 10.8. The molecule has 2 N–H and O–H groups in total. The Morgan fingerprint density at radius 1 is 1.71 bits per heavy atom. The van der Waals surface area contributed by atoms with Gasteiger partial charge in [-0.05, 0) is 6.92 Å². The fraction of sp³-hybridized carbons (Fsp3) is 0.556. The van der Waals surface area contributed by atoms with Crippen LogP contribution in [-0.2, 0) is 17.1 Å². The molecule has 7 nitrogen and oxygen atoms in total. The van der Waals surface area contributed by atoms with E-state index in [2.05, 4.69) is 5.10 Å². The van der Waals surface area contributed by atoms with Crippen molar-refractivity contribution in [2.24, 2.45) is 13.0 Å². The normalized spacial score (nSPS) is 13.6. The molecule has 0 aliphatic carbocycles. The zero-order valence-electron chi connectivity index (χ0n) is 9.95. The second-order valence-corrected chi connectivity index (χ2v) is 5.88. The van der Waals surface area contributed by atoms with Crippen LogP contribution in [0.15, 0.2) is 11.1 Å². The third-order valence-electron chi connectivity index (χ3n) is 2.26. The molecule has 0 aliphatic heterocycles. The highest BCUT2D eigenvalue weighted by molar-refractivity contribution is 7.89. The summed E-state index contributed by atoms with van der Waals surface area (Å²) in [5.74, 6) is -0.420. The maximum absolute atomic E-state index is 12.1. The molecule has 1 atom stereocenters. The molecule has 0 aromatic carbocycles. The Labute approximate surface area is 100 Å². The third kappa shape index (κ3) is 2.75. The van der Waals surface area contributed by atoms with Crippen molar-refractivity contribution in [3.05, 3.63) is 6.20 Å². The third-order valence-corrected chi connectivity index (χ3v) is 4.10. The average Bonchev–Trinajstić information content (AvgIpc) is 2.58. The predicted molar refractivity (Wildman–Crippen MR) is 62.2 cm³/mol. The second kappa shape index (κ2) is 4.73. The van der Waals surface area contributed by atoms with Crippen molar-refractivity contribution >= 4 is 15.8 Å². The molecule has 0 aliphatic rings. The summed E-state index contributed by atoms with van der Waals surface area (Å²) in [6, 6.07) is 1.98. The minimum absolute atomic E-state index is 0.0346. The first-order valence-corrected chi connectivity index (χ1v) is 6.38. The number of nitriles is 1. The summed E-state index contributed by atoms with van der Waals surface area (Å²) in [7, 11) is -0.677. The molecular weight excluding hydrogens is 242 g/mol. The van der Waals surface area contributed by atoms with Gasteiger partial charge in [-0.25, -0.2) is 8.42 Å². The fourth-order valence-corrected chi connectivity index (χ4v) is 2.72. The number of nitrogens with two attached hydrogens (primary N) is 1. The Morgan fingerprint density at radius 3 is 2.71 bits per heavy atom. The number of aromatic nitrogens is 2. The zero-order chi connectivity index (χ0) is 13.2. The first-order valence-electron chi connectivity index (χ1n) is 4.94. The van der Waals surface area contributed by atoms with Crippen LogP contribution in [0.4, 0.5) is 5.82 Å². The molecule has 1 aromatic heterocycles. The Kier molecular flexibility index (Phi) is 3.75. The quantitative estimate of drug-likeness (QED) is 0.803. The summed E-state index contributed by atoms with van der Waals surface area (Å²) < 4.78 is 26.6. The second-order valence-electron chi connectivity index (χ2n) is 3.87. The van der Waals surface area contributed by atoms with Crippen LogP contribution in [0.2, 0.25) is 0 Å². The van der Waals surface area contributed by atoms with E-state index in [1.807, 2.05) is 6.07 Å². The molecule has 1 aromatic rings. The van der Waals surface area contributed by atoms with E-state index in [0.717, 1.165) is 4.31 Å². The van der Waals surface area contributed by atoms with Gasteiger partial charge in [0, 0.05) is 26.8 Å². The van der Waals surface area contributed by atoms with E-state index in [4.69, 9.17) is 11.0 Å². The Morgan fingerprint density at radius 2 is 2.29 bits per heavy atom. The molecule has 0 amide bonds. The van der Waals surface area contributed by atoms with Gasteiger partial charge in [-0.1, -0.05) is 0 Å². The highest BCUT2D eigenvalue weighted by Crippen LogP contribution is 2.20. The summed E-state index contributed by atoms with van der Waals surface area (Å²) in [5, 5.41) is 12.4. The first kappa shape index (κ1) is 13.5. The average molecular weight is 257 g/mol. The van der Waals surface area contributed by atoms with Crippen LogP contribution in [0.5, 0.6) is 0 Å². The molecule has 0 fully saturated rings. The molecule has 0 radical (unpaired) electrons. The summed E-state index contributed by atoms with van der Waals surface area (Å²) in [6.45, 7) is 1.77. The van der Waals surface area contributed by atoms with Crippen molar-refractivity contribution in [1.82, 2.24) is 14.1 Å². The SMILES string of the molecule is CC(C#N)CN(C)S(=O)(=O)c1cn(C)nc1N. The largest absolute Gasteiger partial charge is 0.381 e. The molecule has 0 saturated heterocycles. The van der Waals surface area contributed by atoms with Crippen LogP contribution in [-0.4, -0.2) is 36.1 Å². The summed E-state index contributed by atoms with van der Waals surface area (Å²) >= 11 is 0. The van der Waals surface area contributed by atoms with Crippen molar-refractivity contribution in [2.45, 2.75) is 11.8 Å². The molecule has 17 heavy (non-hydrogen) atoms. The minimum atomic E-state index is -3.68. The number of nitrogen functional groups attached to an aromatic ring is 1. The monoisotopic (exact) mass is 257 g/mol.